The number of anilines is 1. The fourth-order valence-electron chi connectivity index (χ4n) is 3.36. The van der Waals surface area contributed by atoms with Crippen LogP contribution in [0.15, 0.2) is 54.6 Å². The van der Waals surface area contributed by atoms with Crippen molar-refractivity contribution in [1.82, 2.24) is 4.90 Å². The van der Waals surface area contributed by atoms with Crippen molar-refractivity contribution in [1.29, 1.82) is 0 Å². The molecule has 0 unspecified atom stereocenters. The number of hydrogen-bond acceptors (Lipinski definition) is 3. The van der Waals surface area contributed by atoms with Gasteiger partial charge in [0.1, 0.15) is 0 Å². The van der Waals surface area contributed by atoms with Crippen LogP contribution in [0.25, 0.3) is 0 Å². The Kier molecular flexibility index (Phi) is 6.81. The first-order valence-corrected chi connectivity index (χ1v) is 9.51. The van der Waals surface area contributed by atoms with Crippen molar-refractivity contribution in [3.8, 4) is 0 Å². The number of ether oxygens (including phenoxy) is 1. The number of benzene rings is 2. The standard InChI is InChI=1S/C22H28N2O2/c1-2-6-21(19-7-4-3-5-8-19)22(25)23-20-11-9-18(10-12-20)17-24-13-15-26-16-14-24/h3-5,7-12,21H,2,6,13-17H2,1H3,(H,23,25)/t21-/m0/s1. The van der Waals surface area contributed by atoms with Crippen molar-refractivity contribution in [3.63, 3.8) is 0 Å². The van der Waals surface area contributed by atoms with Crippen LogP contribution in [-0.4, -0.2) is 37.1 Å². The Morgan fingerprint density at radius 1 is 1.08 bits per heavy atom. The van der Waals surface area contributed by atoms with Crippen LogP contribution in [0.2, 0.25) is 0 Å². The molecule has 0 bridgehead atoms. The molecule has 138 valence electrons. The normalized spacial score (nSPS) is 16.2. The molecule has 1 aliphatic heterocycles. The maximum absolute atomic E-state index is 12.8. The van der Waals surface area contributed by atoms with Gasteiger partial charge in [-0.05, 0) is 29.7 Å². The van der Waals surface area contributed by atoms with E-state index in [0.717, 1.165) is 56.9 Å². The fraction of sp³-hybridized carbons (Fsp3) is 0.409. The summed E-state index contributed by atoms with van der Waals surface area (Å²) in [5, 5.41) is 3.08. The molecular formula is C22H28N2O2. The summed E-state index contributed by atoms with van der Waals surface area (Å²) in [6, 6.07) is 18.2. The summed E-state index contributed by atoms with van der Waals surface area (Å²) in [6.07, 6.45) is 1.83. The molecule has 1 N–H and O–H groups in total. The number of hydrogen-bond donors (Lipinski definition) is 1. The number of carbonyl (C=O) groups excluding carboxylic acids is 1. The fourth-order valence-corrected chi connectivity index (χ4v) is 3.36. The molecule has 4 nitrogen and oxygen atoms in total. The average molecular weight is 352 g/mol. The van der Waals surface area contributed by atoms with Crippen molar-refractivity contribution in [2.24, 2.45) is 0 Å². The third-order valence-electron chi connectivity index (χ3n) is 4.83. The second kappa shape index (κ2) is 9.51. The van der Waals surface area contributed by atoms with Gasteiger partial charge in [-0.25, -0.2) is 0 Å². The maximum atomic E-state index is 12.8. The van der Waals surface area contributed by atoms with Gasteiger partial charge in [0.15, 0.2) is 0 Å². The van der Waals surface area contributed by atoms with Gasteiger partial charge in [0.05, 0.1) is 19.1 Å². The minimum Gasteiger partial charge on any atom is -0.379 e. The molecule has 1 aliphatic rings. The van der Waals surface area contributed by atoms with Crippen LogP contribution in [0.5, 0.6) is 0 Å². The Balaban J connectivity index is 1.60. The maximum Gasteiger partial charge on any atom is 0.231 e. The molecule has 0 saturated carbocycles. The Labute approximate surface area is 156 Å². The Morgan fingerprint density at radius 3 is 2.42 bits per heavy atom. The van der Waals surface area contributed by atoms with E-state index in [0.29, 0.717) is 0 Å². The molecule has 1 saturated heterocycles. The molecular weight excluding hydrogens is 324 g/mol. The third-order valence-corrected chi connectivity index (χ3v) is 4.83. The van der Waals surface area contributed by atoms with Crippen LogP contribution in [0.4, 0.5) is 5.69 Å². The molecule has 0 radical (unpaired) electrons. The SMILES string of the molecule is CCC[C@H](C(=O)Nc1ccc(CN2CCOCC2)cc1)c1ccccc1. The summed E-state index contributed by atoms with van der Waals surface area (Å²) in [5.41, 5.74) is 3.20. The van der Waals surface area contributed by atoms with Crippen molar-refractivity contribution in [2.75, 3.05) is 31.6 Å². The van der Waals surface area contributed by atoms with Crippen molar-refractivity contribution in [2.45, 2.75) is 32.2 Å². The molecule has 2 aromatic carbocycles. The van der Waals surface area contributed by atoms with E-state index in [-0.39, 0.29) is 11.8 Å². The van der Waals surface area contributed by atoms with Crippen LogP contribution in [-0.2, 0) is 16.1 Å². The van der Waals surface area contributed by atoms with E-state index in [1.54, 1.807) is 0 Å². The summed E-state index contributed by atoms with van der Waals surface area (Å²) in [5.74, 6) is -0.0341. The lowest BCUT2D eigenvalue weighted by molar-refractivity contribution is -0.117. The van der Waals surface area contributed by atoms with Gasteiger partial charge >= 0.3 is 0 Å². The van der Waals surface area contributed by atoms with Gasteiger partial charge in [-0.15, -0.1) is 0 Å². The number of rotatable bonds is 7. The minimum atomic E-state index is -0.103. The second-order valence-corrected chi connectivity index (χ2v) is 6.83. The predicted octanol–water partition coefficient (Wildman–Crippen LogP) is 4.04. The van der Waals surface area contributed by atoms with Crippen LogP contribution in [0, 0.1) is 0 Å². The number of nitrogens with one attached hydrogen (secondary N) is 1. The number of amides is 1. The summed E-state index contributed by atoms with van der Waals surface area (Å²) < 4.78 is 5.39. The highest BCUT2D eigenvalue weighted by molar-refractivity contribution is 5.95. The lowest BCUT2D eigenvalue weighted by Gasteiger charge is -2.26. The molecule has 26 heavy (non-hydrogen) atoms. The summed E-state index contributed by atoms with van der Waals surface area (Å²) >= 11 is 0. The van der Waals surface area contributed by atoms with E-state index in [9.17, 15) is 4.79 Å². The summed E-state index contributed by atoms with van der Waals surface area (Å²) in [4.78, 5) is 15.2. The van der Waals surface area contributed by atoms with Gasteiger partial charge in [-0.3, -0.25) is 9.69 Å². The number of morpholine rings is 1. The smallest absolute Gasteiger partial charge is 0.231 e. The first-order valence-electron chi connectivity index (χ1n) is 9.51. The monoisotopic (exact) mass is 352 g/mol. The number of carbonyl (C=O) groups is 1. The van der Waals surface area contributed by atoms with Crippen LogP contribution in [0.1, 0.15) is 36.8 Å². The molecule has 2 aromatic rings. The minimum absolute atomic E-state index is 0.0685. The Hall–Kier alpha value is -2.17. The zero-order valence-electron chi connectivity index (χ0n) is 15.5. The first-order chi connectivity index (χ1) is 12.8. The molecule has 1 atom stereocenters. The molecule has 1 heterocycles. The molecule has 0 spiro atoms. The van der Waals surface area contributed by atoms with Crippen molar-refractivity contribution >= 4 is 11.6 Å². The van der Waals surface area contributed by atoms with E-state index >= 15 is 0 Å². The van der Waals surface area contributed by atoms with E-state index < -0.39 is 0 Å². The van der Waals surface area contributed by atoms with E-state index in [2.05, 4.69) is 29.3 Å². The van der Waals surface area contributed by atoms with E-state index in [4.69, 9.17) is 4.74 Å². The van der Waals surface area contributed by atoms with Gasteiger partial charge < -0.3 is 10.1 Å². The van der Waals surface area contributed by atoms with Crippen molar-refractivity contribution in [3.05, 3.63) is 65.7 Å². The molecule has 1 amide bonds. The van der Waals surface area contributed by atoms with Crippen molar-refractivity contribution < 1.29 is 9.53 Å². The Bertz CT molecular complexity index is 679. The quantitative estimate of drug-likeness (QED) is 0.818. The highest BCUT2D eigenvalue weighted by Crippen LogP contribution is 2.23. The number of nitrogens with zero attached hydrogens (tertiary/aromatic N) is 1. The predicted molar refractivity (Wildman–Crippen MR) is 105 cm³/mol. The second-order valence-electron chi connectivity index (χ2n) is 6.83. The van der Waals surface area contributed by atoms with E-state index in [1.165, 1.54) is 5.56 Å². The van der Waals surface area contributed by atoms with Crippen LogP contribution in [0.3, 0.4) is 0 Å². The topological polar surface area (TPSA) is 41.6 Å². The zero-order chi connectivity index (χ0) is 18.2. The van der Waals surface area contributed by atoms with Gasteiger partial charge in [0.2, 0.25) is 5.91 Å². The lowest BCUT2D eigenvalue weighted by Crippen LogP contribution is -2.35. The van der Waals surface area contributed by atoms with Gasteiger partial charge in [0.25, 0.3) is 0 Å². The molecule has 4 heteroatoms. The molecule has 0 aromatic heterocycles. The third kappa shape index (κ3) is 5.16. The largest absolute Gasteiger partial charge is 0.379 e. The first kappa shape index (κ1) is 18.6. The summed E-state index contributed by atoms with van der Waals surface area (Å²) in [7, 11) is 0. The van der Waals surface area contributed by atoms with Crippen LogP contribution >= 0.6 is 0 Å². The lowest BCUT2D eigenvalue weighted by atomic mass is 9.93. The summed E-state index contributed by atoms with van der Waals surface area (Å²) in [6.45, 7) is 6.63. The Morgan fingerprint density at radius 2 is 1.77 bits per heavy atom. The molecule has 1 fully saturated rings. The van der Waals surface area contributed by atoms with Gasteiger partial charge in [0, 0.05) is 25.3 Å². The zero-order valence-corrected chi connectivity index (χ0v) is 15.5. The van der Waals surface area contributed by atoms with E-state index in [1.807, 2.05) is 42.5 Å². The average Bonchev–Trinajstić information content (AvgIpc) is 2.69. The highest BCUT2D eigenvalue weighted by atomic mass is 16.5. The van der Waals surface area contributed by atoms with Crippen LogP contribution < -0.4 is 5.32 Å². The van der Waals surface area contributed by atoms with Gasteiger partial charge in [-0.2, -0.15) is 0 Å². The molecule has 3 rings (SSSR count). The molecule has 0 aliphatic carbocycles. The van der Waals surface area contributed by atoms with Gasteiger partial charge in [-0.1, -0.05) is 55.8 Å². The highest BCUT2D eigenvalue weighted by Gasteiger charge is 2.19.